The van der Waals surface area contributed by atoms with E-state index in [0.29, 0.717) is 41.4 Å². The lowest BCUT2D eigenvalue weighted by molar-refractivity contribution is -0.197. The summed E-state index contributed by atoms with van der Waals surface area (Å²) < 4.78 is 16.8. The van der Waals surface area contributed by atoms with Crippen LogP contribution in [-0.2, 0) is 9.30 Å². The number of amides is 2. The molecule has 16 heteroatoms. The van der Waals surface area contributed by atoms with E-state index in [9.17, 15) is 24.7 Å². The van der Waals surface area contributed by atoms with Gasteiger partial charge in [0.25, 0.3) is 0 Å². The van der Waals surface area contributed by atoms with Crippen molar-refractivity contribution < 1.29 is 39.2 Å². The number of nitrogens with two attached hydrogens (primary N) is 1. The fourth-order valence-electron chi connectivity index (χ4n) is 3.85. The molecule has 2 amide bonds. The van der Waals surface area contributed by atoms with Gasteiger partial charge in [0.1, 0.15) is 23.7 Å². The highest BCUT2D eigenvalue weighted by molar-refractivity contribution is 7.99. The monoisotopic (exact) mass is 610 g/mol. The number of anilines is 1. The zero-order valence-electron chi connectivity index (χ0n) is 22.1. The lowest BCUT2D eigenvalue weighted by atomic mass is 9.98. The van der Waals surface area contributed by atoms with Gasteiger partial charge in [-0.3, -0.25) is 14.5 Å². The van der Waals surface area contributed by atoms with E-state index in [4.69, 9.17) is 20.4 Å². The van der Waals surface area contributed by atoms with E-state index >= 15 is 0 Å². The highest BCUT2D eigenvalue weighted by Crippen LogP contribution is 2.39. The smallest absolute Gasteiger partial charge is 0.325 e. The first-order valence-corrected chi connectivity index (χ1v) is 15.5. The fourth-order valence-corrected chi connectivity index (χ4v) is 5.50. The van der Waals surface area contributed by atoms with E-state index in [0.717, 1.165) is 18.2 Å². The van der Waals surface area contributed by atoms with Crippen LogP contribution in [0.15, 0.2) is 63.8 Å². The summed E-state index contributed by atoms with van der Waals surface area (Å²) in [6.45, 7) is 0.436. The van der Waals surface area contributed by atoms with E-state index in [-0.39, 0.29) is 12.5 Å². The second-order valence-corrected chi connectivity index (χ2v) is 12.2. The van der Waals surface area contributed by atoms with Gasteiger partial charge in [0.05, 0.1) is 36.1 Å². The molecule has 1 aromatic heterocycles. The third kappa shape index (κ3) is 11.1. The van der Waals surface area contributed by atoms with Gasteiger partial charge in [-0.25, -0.2) is 4.79 Å². The third-order valence-electron chi connectivity index (χ3n) is 6.06. The van der Waals surface area contributed by atoms with E-state index in [2.05, 4.69) is 25.7 Å². The van der Waals surface area contributed by atoms with E-state index in [1.54, 1.807) is 48.9 Å². The van der Waals surface area contributed by atoms with Crippen LogP contribution in [0.2, 0.25) is 0 Å². The number of hydrazone groups is 1. The molecule has 14 nitrogen and oxygen atoms in total. The van der Waals surface area contributed by atoms with Gasteiger partial charge in [0.2, 0.25) is 0 Å². The number of rotatable bonds is 13. The molecule has 1 saturated heterocycles. The number of carbonyl (C=O) groups is 1. The first-order chi connectivity index (χ1) is 19.6. The number of aliphatic hydroxyl groups is 3. The Morgan fingerprint density at radius 1 is 1.12 bits per heavy atom. The normalized spacial score (nSPS) is 23.4. The van der Waals surface area contributed by atoms with Gasteiger partial charge in [0.15, 0.2) is 0 Å². The molecular weight excluding hydrogens is 575 g/mol. The molecule has 0 saturated carbocycles. The maximum absolute atomic E-state index is 12.2. The van der Waals surface area contributed by atoms with Gasteiger partial charge in [-0.15, -0.1) is 0 Å². The molecule has 0 spiro atoms. The third-order valence-corrected chi connectivity index (χ3v) is 8.06. The Morgan fingerprint density at radius 3 is 2.54 bits per heavy atom. The molecule has 224 valence electrons. The van der Waals surface area contributed by atoms with Crippen molar-refractivity contribution in [1.29, 1.82) is 0 Å². The van der Waals surface area contributed by atoms with Crippen molar-refractivity contribution in [3.8, 4) is 0 Å². The molecule has 2 heterocycles. The minimum absolute atomic E-state index is 0.188. The van der Waals surface area contributed by atoms with Crippen LogP contribution in [0.3, 0.4) is 0 Å². The molecule has 0 bridgehead atoms. The summed E-state index contributed by atoms with van der Waals surface area (Å²) in [5.74, 6) is 5.43. The van der Waals surface area contributed by atoms with Crippen molar-refractivity contribution in [1.82, 2.24) is 10.3 Å². The Balaban J connectivity index is 1.39. The molecule has 9 N–H and O–H groups in total. The molecule has 1 fully saturated rings. The number of thioether (sulfide) groups is 1. The number of urea groups is 1. The maximum Gasteiger partial charge on any atom is 0.325 e. The Kier molecular flexibility index (Phi) is 12.7. The Labute approximate surface area is 241 Å². The summed E-state index contributed by atoms with van der Waals surface area (Å²) in [5.41, 5.74) is 0.867. The standard InChI is InChI=1S/C25H35N6O8PS/c26-31-18(15-29-17-5-3-11-27-14-17)4-1-2-12-28-25(35)30-16-6-8-19(9-7-16)41-24-23(34)22(33)21(32)20(39-24)10-13-40(36,37)38/h3,5-9,11,14-15,20-24,32-34H,1-2,4,10,12-13,26H2,(H2,28,30,35)(H2,36,37,38)/b29-15?,31-18-/t20-,21-,22+,23+,24-/m1/s1. The van der Waals surface area contributed by atoms with Gasteiger partial charge < -0.3 is 46.3 Å². The van der Waals surface area contributed by atoms with Gasteiger partial charge >= 0.3 is 13.6 Å². The summed E-state index contributed by atoms with van der Waals surface area (Å²) >= 11 is 1.07. The molecule has 1 aromatic carbocycles. The number of carbonyl (C=O) groups excluding carboxylic acids is 1. The number of benzene rings is 1. The summed E-state index contributed by atoms with van der Waals surface area (Å²) in [6.07, 6.45) is 0.693. The number of hydrogen-bond donors (Lipinski definition) is 8. The number of hydrogen-bond acceptors (Lipinski definition) is 11. The molecule has 5 atom stereocenters. The first kappa shape index (κ1) is 32.6. The summed E-state index contributed by atoms with van der Waals surface area (Å²) in [7, 11) is -4.32. The number of pyridine rings is 1. The lowest BCUT2D eigenvalue weighted by Crippen LogP contribution is -2.56. The SMILES string of the molecule is N/N=C(\C=Nc1cccnc1)CCCCNC(=O)Nc1ccc(S[C@H]2O[C@H](CCP(=O)(O)O)[C@@H](O)[C@H](O)[C@@H]2O)cc1. The summed E-state index contributed by atoms with van der Waals surface area (Å²) in [5, 5.41) is 39.9. The zero-order valence-corrected chi connectivity index (χ0v) is 23.8. The quantitative estimate of drug-likeness (QED) is 0.0533. The number of ether oxygens (including phenoxy) is 1. The highest BCUT2D eigenvalue weighted by atomic mass is 32.2. The van der Waals surface area contributed by atoms with Crippen LogP contribution >= 0.6 is 19.4 Å². The number of aliphatic imine (C=N–C) groups is 1. The zero-order chi connectivity index (χ0) is 29.8. The average molecular weight is 611 g/mol. The molecule has 41 heavy (non-hydrogen) atoms. The second kappa shape index (κ2) is 15.9. The first-order valence-electron chi connectivity index (χ1n) is 12.8. The van der Waals surface area contributed by atoms with Gasteiger partial charge in [-0.1, -0.05) is 11.8 Å². The van der Waals surface area contributed by atoms with Crippen LogP contribution in [-0.4, -0.2) is 90.6 Å². The number of aliphatic hydroxyl groups excluding tert-OH is 3. The maximum atomic E-state index is 12.2. The topological polar surface area (TPSA) is 232 Å². The van der Waals surface area contributed by atoms with Crippen molar-refractivity contribution >= 4 is 48.7 Å². The molecule has 1 aliphatic heterocycles. The van der Waals surface area contributed by atoms with E-state index in [1.165, 1.54) is 0 Å². The molecule has 3 rings (SSSR count). The molecular formula is C25H35N6O8PS. The van der Waals surface area contributed by atoms with Crippen molar-refractivity contribution in [3.05, 3.63) is 48.8 Å². The number of aromatic nitrogens is 1. The van der Waals surface area contributed by atoms with Crippen LogP contribution < -0.4 is 16.5 Å². The van der Waals surface area contributed by atoms with Gasteiger partial charge in [-0.2, -0.15) is 5.10 Å². The van der Waals surface area contributed by atoms with E-state index in [1.807, 2.05) is 6.07 Å². The molecule has 0 unspecified atom stereocenters. The lowest BCUT2D eigenvalue weighted by Gasteiger charge is -2.40. The highest BCUT2D eigenvalue weighted by Gasteiger charge is 2.44. The van der Waals surface area contributed by atoms with Crippen LogP contribution in [0, 0.1) is 0 Å². The predicted octanol–water partition coefficient (Wildman–Crippen LogP) is 1.56. The Morgan fingerprint density at radius 2 is 1.88 bits per heavy atom. The number of unbranched alkanes of at least 4 members (excludes halogenated alkanes) is 1. The fraction of sp³-hybridized carbons (Fsp3) is 0.440. The molecule has 1 aliphatic rings. The number of nitrogens with zero attached hydrogens (tertiary/aromatic N) is 3. The van der Waals surface area contributed by atoms with Crippen LogP contribution in [0.4, 0.5) is 16.2 Å². The van der Waals surface area contributed by atoms with E-state index < -0.39 is 43.6 Å². The largest absolute Gasteiger partial charge is 0.388 e. The van der Waals surface area contributed by atoms with Crippen molar-refractivity contribution in [3.63, 3.8) is 0 Å². The molecule has 2 aromatic rings. The van der Waals surface area contributed by atoms with Crippen molar-refractivity contribution in [2.24, 2.45) is 15.9 Å². The van der Waals surface area contributed by atoms with Crippen LogP contribution in [0.25, 0.3) is 0 Å². The number of nitrogens with one attached hydrogen (secondary N) is 2. The van der Waals surface area contributed by atoms with Crippen LogP contribution in [0.5, 0.6) is 0 Å². The second-order valence-electron chi connectivity index (χ2n) is 9.26. The van der Waals surface area contributed by atoms with Crippen molar-refractivity contribution in [2.45, 2.75) is 60.4 Å². The molecule has 0 aliphatic carbocycles. The Bertz CT molecular complexity index is 1220. The van der Waals surface area contributed by atoms with Gasteiger partial charge in [-0.05, 0) is 62.1 Å². The minimum Gasteiger partial charge on any atom is -0.388 e. The summed E-state index contributed by atoms with van der Waals surface area (Å²) in [6, 6.07) is 9.88. The predicted molar refractivity (Wildman–Crippen MR) is 155 cm³/mol. The Hall–Kier alpha value is -2.88. The van der Waals surface area contributed by atoms with Crippen LogP contribution in [0.1, 0.15) is 25.7 Å². The van der Waals surface area contributed by atoms with Crippen molar-refractivity contribution in [2.75, 3.05) is 18.0 Å². The van der Waals surface area contributed by atoms with Gasteiger partial charge in [0, 0.05) is 23.3 Å². The summed E-state index contributed by atoms with van der Waals surface area (Å²) in [4.78, 5) is 39.4. The average Bonchev–Trinajstić information content (AvgIpc) is 2.95. The minimum atomic E-state index is -4.32. The molecule has 0 radical (unpaired) electrons.